The zero-order valence-corrected chi connectivity index (χ0v) is 15.5. The molecular weight excluding hydrogens is 340 g/mol. The van der Waals surface area contributed by atoms with Crippen molar-refractivity contribution < 1.29 is 19.0 Å². The maximum atomic E-state index is 12.8. The van der Waals surface area contributed by atoms with Gasteiger partial charge in [0.2, 0.25) is 11.5 Å². The van der Waals surface area contributed by atoms with Gasteiger partial charge in [-0.25, -0.2) is 0 Å². The first-order valence-corrected chi connectivity index (χ1v) is 9.59. The smallest absolute Gasteiger partial charge is 0.207 e. The lowest BCUT2D eigenvalue weighted by molar-refractivity contribution is -0.133. The van der Waals surface area contributed by atoms with Crippen molar-refractivity contribution in [3.05, 3.63) is 66.6 Å². The van der Waals surface area contributed by atoms with Crippen molar-refractivity contribution >= 4 is 5.78 Å². The Labute approximate surface area is 159 Å². The lowest BCUT2D eigenvalue weighted by atomic mass is 9.80. The first-order chi connectivity index (χ1) is 13.2. The number of hydrogen-bond donors (Lipinski definition) is 0. The van der Waals surface area contributed by atoms with E-state index in [-0.39, 0.29) is 23.9 Å². The van der Waals surface area contributed by atoms with Gasteiger partial charge in [-0.05, 0) is 43.0 Å². The van der Waals surface area contributed by atoms with Gasteiger partial charge in [-0.15, -0.1) is 0 Å². The van der Waals surface area contributed by atoms with Gasteiger partial charge in [0.05, 0.1) is 12.0 Å². The summed E-state index contributed by atoms with van der Waals surface area (Å²) in [6, 6.07) is 17.9. The number of fused-ring (bicyclic) bond motifs is 1. The molecule has 2 aliphatic rings. The van der Waals surface area contributed by atoms with Gasteiger partial charge in [-0.1, -0.05) is 42.5 Å². The van der Waals surface area contributed by atoms with Crippen molar-refractivity contribution in [3.63, 3.8) is 0 Å². The first kappa shape index (κ1) is 17.8. The molecule has 0 radical (unpaired) electrons. The average Bonchev–Trinajstić information content (AvgIpc) is 2.72. The first-order valence-electron chi connectivity index (χ1n) is 9.59. The highest BCUT2D eigenvalue weighted by Gasteiger charge is 2.41. The third kappa shape index (κ3) is 3.91. The van der Waals surface area contributed by atoms with Crippen LogP contribution in [-0.2, 0) is 14.3 Å². The van der Waals surface area contributed by atoms with Crippen LogP contribution in [0, 0.1) is 5.92 Å². The van der Waals surface area contributed by atoms with Gasteiger partial charge >= 0.3 is 0 Å². The van der Waals surface area contributed by atoms with Gasteiger partial charge in [0, 0.05) is 13.0 Å². The number of carbonyl (C=O) groups excluding carboxylic acids is 1. The van der Waals surface area contributed by atoms with E-state index in [4.69, 9.17) is 14.2 Å². The summed E-state index contributed by atoms with van der Waals surface area (Å²) >= 11 is 0. The van der Waals surface area contributed by atoms with Crippen molar-refractivity contribution in [1.29, 1.82) is 0 Å². The predicted molar refractivity (Wildman–Crippen MR) is 103 cm³/mol. The molecule has 1 aliphatic heterocycles. The van der Waals surface area contributed by atoms with Crippen LogP contribution in [0.1, 0.15) is 26.2 Å². The molecule has 4 rings (SSSR count). The molecule has 0 spiro atoms. The van der Waals surface area contributed by atoms with Crippen molar-refractivity contribution in [3.8, 4) is 16.9 Å². The summed E-state index contributed by atoms with van der Waals surface area (Å²) in [6.07, 6.45) is 3.99. The molecule has 0 saturated heterocycles. The largest absolute Gasteiger partial charge is 0.493 e. The van der Waals surface area contributed by atoms with E-state index in [2.05, 4.69) is 12.1 Å². The molecule has 1 heterocycles. The minimum atomic E-state index is -0.134. The second kappa shape index (κ2) is 7.97. The highest BCUT2D eigenvalue weighted by Crippen LogP contribution is 2.35. The highest BCUT2D eigenvalue weighted by molar-refractivity contribution is 5.96. The van der Waals surface area contributed by atoms with Gasteiger partial charge in [0.1, 0.15) is 18.1 Å². The number of ether oxygens (including phenoxy) is 3. The van der Waals surface area contributed by atoms with Crippen LogP contribution in [0.25, 0.3) is 11.1 Å². The second-order valence-electron chi connectivity index (χ2n) is 7.01. The summed E-state index contributed by atoms with van der Waals surface area (Å²) in [4.78, 5) is 12.8. The predicted octanol–water partition coefficient (Wildman–Crippen LogP) is 4.75. The molecule has 0 amide bonds. The average molecular weight is 364 g/mol. The molecule has 1 fully saturated rings. The zero-order chi connectivity index (χ0) is 18.6. The van der Waals surface area contributed by atoms with Crippen LogP contribution in [-0.4, -0.2) is 24.6 Å². The number of allylic oxidation sites excluding steroid dienone is 1. The molecule has 1 saturated carbocycles. The van der Waals surface area contributed by atoms with Crippen LogP contribution in [0.4, 0.5) is 0 Å². The third-order valence-corrected chi connectivity index (χ3v) is 5.26. The molecule has 1 aliphatic carbocycles. The Morgan fingerprint density at radius 3 is 2.48 bits per heavy atom. The van der Waals surface area contributed by atoms with Crippen LogP contribution in [0.5, 0.6) is 5.75 Å². The van der Waals surface area contributed by atoms with Gasteiger partial charge in [-0.3, -0.25) is 4.79 Å². The van der Waals surface area contributed by atoms with E-state index in [0.29, 0.717) is 18.1 Å². The minimum absolute atomic E-state index is 0.0355. The van der Waals surface area contributed by atoms with E-state index in [1.165, 1.54) is 6.26 Å². The van der Waals surface area contributed by atoms with Crippen molar-refractivity contribution in [2.24, 2.45) is 5.92 Å². The van der Waals surface area contributed by atoms with E-state index in [1.54, 1.807) is 0 Å². The molecule has 140 valence electrons. The lowest BCUT2D eigenvalue weighted by Crippen LogP contribution is -2.42. The van der Waals surface area contributed by atoms with E-state index >= 15 is 0 Å². The third-order valence-electron chi connectivity index (χ3n) is 5.26. The summed E-state index contributed by atoms with van der Waals surface area (Å²) < 4.78 is 17.3. The quantitative estimate of drug-likeness (QED) is 0.768. The van der Waals surface area contributed by atoms with Gasteiger partial charge in [0.15, 0.2) is 0 Å². The molecule has 3 unspecified atom stereocenters. The molecule has 4 nitrogen and oxygen atoms in total. The Morgan fingerprint density at radius 2 is 1.74 bits per heavy atom. The van der Waals surface area contributed by atoms with Crippen LogP contribution in [0.2, 0.25) is 0 Å². The van der Waals surface area contributed by atoms with E-state index in [0.717, 1.165) is 30.4 Å². The number of Topliss-reactive ketones (excluding diaryl/α,β-unsaturated/α-hetero) is 1. The van der Waals surface area contributed by atoms with Crippen LogP contribution in [0.15, 0.2) is 66.6 Å². The summed E-state index contributed by atoms with van der Waals surface area (Å²) in [6.45, 7) is 2.69. The minimum Gasteiger partial charge on any atom is -0.493 e. The Balaban J connectivity index is 1.43. The number of hydrogen-bond acceptors (Lipinski definition) is 4. The molecular formula is C23H24O4. The van der Waals surface area contributed by atoms with Gasteiger partial charge in [-0.2, -0.15) is 0 Å². The summed E-state index contributed by atoms with van der Waals surface area (Å²) in [5.41, 5.74) is 2.26. The van der Waals surface area contributed by atoms with Crippen LogP contribution >= 0.6 is 0 Å². The number of rotatable bonds is 5. The number of carbonyl (C=O) groups is 1. The fourth-order valence-corrected chi connectivity index (χ4v) is 3.87. The lowest BCUT2D eigenvalue weighted by Gasteiger charge is -2.36. The van der Waals surface area contributed by atoms with Crippen molar-refractivity contribution in [1.82, 2.24) is 0 Å². The molecule has 0 aromatic heterocycles. The van der Waals surface area contributed by atoms with E-state index in [9.17, 15) is 4.79 Å². The monoisotopic (exact) mass is 364 g/mol. The molecule has 2 aromatic carbocycles. The second-order valence-corrected chi connectivity index (χ2v) is 7.01. The van der Waals surface area contributed by atoms with Crippen LogP contribution < -0.4 is 4.74 Å². The van der Waals surface area contributed by atoms with Gasteiger partial charge < -0.3 is 14.2 Å². The summed E-state index contributed by atoms with van der Waals surface area (Å²) in [5, 5.41) is 0. The fourth-order valence-electron chi connectivity index (χ4n) is 3.87. The van der Waals surface area contributed by atoms with Gasteiger partial charge in [0.25, 0.3) is 0 Å². The maximum absolute atomic E-state index is 12.8. The maximum Gasteiger partial charge on any atom is 0.207 e. The molecule has 0 N–H and O–H groups in total. The molecule has 0 bridgehead atoms. The number of ketones is 1. The Hall–Kier alpha value is -2.59. The van der Waals surface area contributed by atoms with Crippen molar-refractivity contribution in [2.75, 3.05) is 6.61 Å². The highest BCUT2D eigenvalue weighted by atomic mass is 16.5. The molecule has 27 heavy (non-hydrogen) atoms. The van der Waals surface area contributed by atoms with E-state index in [1.807, 2.05) is 49.4 Å². The number of benzene rings is 2. The van der Waals surface area contributed by atoms with Crippen molar-refractivity contribution in [2.45, 2.75) is 38.4 Å². The molecule has 3 atom stereocenters. The normalized spacial score (nSPS) is 24.6. The summed E-state index contributed by atoms with van der Waals surface area (Å²) in [5.74, 6) is 0.830. The molecule has 4 heteroatoms. The summed E-state index contributed by atoms with van der Waals surface area (Å²) in [7, 11) is 0. The molecule has 2 aromatic rings. The topological polar surface area (TPSA) is 44.8 Å². The van der Waals surface area contributed by atoms with E-state index < -0.39 is 0 Å². The fraction of sp³-hybridized carbons (Fsp3) is 0.348. The standard InChI is InChI=1S/C23H24O4/c1-2-25-19-12-13-20-21(14-19)26-15-22(23(20)24)27-18-10-8-17(9-11-18)16-6-4-3-5-7-16/h3-11,15,19-21H,2,12-14H2,1H3. The Kier molecular flexibility index (Phi) is 5.26. The Morgan fingerprint density at radius 1 is 1.00 bits per heavy atom. The zero-order valence-electron chi connectivity index (χ0n) is 15.5. The SMILES string of the molecule is CCOC1CCC2C(=O)C(Oc3ccc(-c4ccccc4)cc3)=COC2C1. The Bertz CT molecular complexity index is 810. The van der Waals surface area contributed by atoms with Crippen LogP contribution in [0.3, 0.4) is 0 Å².